The van der Waals surface area contributed by atoms with E-state index in [0.29, 0.717) is 12.1 Å². The lowest BCUT2D eigenvalue weighted by atomic mass is 9.73. The summed E-state index contributed by atoms with van der Waals surface area (Å²) in [5.41, 5.74) is -0.963. The number of carboxylic acids is 1. The molecule has 0 saturated heterocycles. The first-order chi connectivity index (χ1) is 19.4. The van der Waals surface area contributed by atoms with Crippen LogP contribution in [0.5, 0.6) is 0 Å². The number of hydrogen-bond donors (Lipinski definition) is 8. The molecule has 0 aromatic heterocycles. The molecule has 232 valence electrons. The van der Waals surface area contributed by atoms with Crippen LogP contribution in [0.4, 0.5) is 0 Å². The van der Waals surface area contributed by atoms with Crippen molar-refractivity contribution in [2.24, 2.45) is 5.92 Å². The van der Waals surface area contributed by atoms with Gasteiger partial charge in [-0.05, 0) is 31.5 Å². The van der Waals surface area contributed by atoms with Gasteiger partial charge < -0.3 is 45.6 Å². The predicted molar refractivity (Wildman–Crippen MR) is 148 cm³/mol. The van der Waals surface area contributed by atoms with Gasteiger partial charge in [0.25, 0.3) is 0 Å². The number of rotatable bonds is 13. The Morgan fingerprint density at radius 1 is 0.951 bits per heavy atom. The Hall–Kier alpha value is -2.60. The third-order valence-electron chi connectivity index (χ3n) is 7.18. The van der Waals surface area contributed by atoms with E-state index in [4.69, 9.17) is 40.5 Å². The molecule has 12 nitrogen and oxygen atoms in total. The predicted octanol–water partition coefficient (Wildman–Crippen LogP) is -0.789. The van der Waals surface area contributed by atoms with Gasteiger partial charge in [0.15, 0.2) is 18.3 Å². The highest BCUT2D eigenvalue weighted by Gasteiger charge is 2.47. The van der Waals surface area contributed by atoms with Crippen molar-refractivity contribution in [3.63, 3.8) is 0 Å². The first kappa shape index (κ1) is 36.4. The molecule has 41 heavy (non-hydrogen) atoms. The molecule has 0 spiro atoms. The van der Waals surface area contributed by atoms with Gasteiger partial charge in [-0.3, -0.25) is 4.90 Å². The Morgan fingerprint density at radius 3 is 2.05 bits per heavy atom. The molecule has 1 fully saturated rings. The number of aliphatic hydroxyl groups is 7. The summed E-state index contributed by atoms with van der Waals surface area (Å²) in [6.45, 7) is 5.87. The summed E-state index contributed by atoms with van der Waals surface area (Å²) < 4.78 is 5.38. The van der Waals surface area contributed by atoms with Gasteiger partial charge in [0.2, 0.25) is 0 Å². The van der Waals surface area contributed by atoms with Gasteiger partial charge in [-0.15, -0.1) is 0 Å². The zero-order valence-corrected chi connectivity index (χ0v) is 23.7. The molecule has 1 aromatic rings. The molecule has 6 atom stereocenters. The average Bonchev–Trinajstić information content (AvgIpc) is 3.01. The lowest BCUT2D eigenvalue weighted by Gasteiger charge is -2.36. The molecular formula is C29H45NO11. The van der Waals surface area contributed by atoms with Crippen molar-refractivity contribution in [3.05, 3.63) is 35.9 Å². The second-order valence-corrected chi connectivity index (χ2v) is 9.86. The standard InChI is InChI=1S/C22H31NO3.C7H14O8/c1-3-23(4-2)17-11-12-18-26-21(24)22(25,19-13-7-5-8-14-19)20-15-9-6-10-16-20;8-1-2(9)3(10)4(11)5(12)6(13)7(14)15/h5,7-8,13-14,20,25H,3-4,6,9-10,15-18H2,1-2H3;2-6,8-13H,1H2,(H,14,15)/t;2-,3-,4+,5-,6-/m.0/s1. The van der Waals surface area contributed by atoms with Crippen LogP contribution in [0.2, 0.25) is 0 Å². The average molecular weight is 584 g/mol. The van der Waals surface area contributed by atoms with E-state index < -0.39 is 54.7 Å². The van der Waals surface area contributed by atoms with Gasteiger partial charge in [0.05, 0.1) is 13.2 Å². The highest BCUT2D eigenvalue weighted by Crippen LogP contribution is 2.40. The van der Waals surface area contributed by atoms with Gasteiger partial charge in [-0.25, -0.2) is 9.59 Å². The van der Waals surface area contributed by atoms with E-state index in [1.165, 1.54) is 0 Å². The van der Waals surface area contributed by atoms with Crippen molar-refractivity contribution >= 4 is 11.9 Å². The van der Waals surface area contributed by atoms with Crippen LogP contribution in [0.3, 0.4) is 0 Å². The minimum Gasteiger partial charge on any atom is -0.479 e. The van der Waals surface area contributed by atoms with E-state index in [-0.39, 0.29) is 12.5 Å². The summed E-state index contributed by atoms with van der Waals surface area (Å²) in [6, 6.07) is 9.19. The summed E-state index contributed by atoms with van der Waals surface area (Å²) in [4.78, 5) is 25.2. The van der Waals surface area contributed by atoms with Crippen LogP contribution in [0, 0.1) is 17.8 Å². The van der Waals surface area contributed by atoms with Gasteiger partial charge >= 0.3 is 11.9 Å². The maximum absolute atomic E-state index is 12.8. The number of ether oxygens (including phenoxy) is 1. The lowest BCUT2D eigenvalue weighted by molar-refractivity contribution is -0.174. The Kier molecular flexibility index (Phi) is 16.7. The molecule has 1 saturated carbocycles. The summed E-state index contributed by atoms with van der Waals surface area (Å²) >= 11 is 0. The quantitative estimate of drug-likeness (QED) is 0.106. The van der Waals surface area contributed by atoms with E-state index in [9.17, 15) is 14.7 Å². The Morgan fingerprint density at radius 2 is 1.54 bits per heavy atom. The smallest absolute Gasteiger partial charge is 0.344 e. The van der Waals surface area contributed by atoms with E-state index in [0.717, 1.165) is 45.2 Å². The Bertz CT molecular complexity index is 957. The van der Waals surface area contributed by atoms with Gasteiger partial charge in [-0.2, -0.15) is 0 Å². The highest BCUT2D eigenvalue weighted by atomic mass is 16.5. The number of hydrogen-bond acceptors (Lipinski definition) is 11. The van der Waals surface area contributed by atoms with Crippen molar-refractivity contribution in [1.29, 1.82) is 0 Å². The zero-order chi connectivity index (χ0) is 31.0. The van der Waals surface area contributed by atoms with Crippen molar-refractivity contribution < 1.29 is 55.2 Å². The Balaban J connectivity index is 0.000000479. The molecule has 0 radical (unpaired) electrons. The topological polar surface area (TPSA) is 208 Å². The molecule has 0 bridgehead atoms. The van der Waals surface area contributed by atoms with Gasteiger partial charge in [0.1, 0.15) is 24.4 Å². The minimum atomic E-state index is -2.29. The molecule has 1 aliphatic rings. The second kappa shape index (κ2) is 18.8. The number of esters is 1. The molecule has 2 rings (SSSR count). The second-order valence-electron chi connectivity index (χ2n) is 9.86. The van der Waals surface area contributed by atoms with Crippen LogP contribution < -0.4 is 0 Å². The van der Waals surface area contributed by atoms with Crippen molar-refractivity contribution in [1.82, 2.24) is 4.90 Å². The fraction of sp³-hybridized carbons (Fsp3) is 0.655. The van der Waals surface area contributed by atoms with E-state index >= 15 is 0 Å². The van der Waals surface area contributed by atoms with Crippen LogP contribution >= 0.6 is 0 Å². The van der Waals surface area contributed by atoms with E-state index in [1.54, 1.807) is 0 Å². The SMILES string of the molecule is CCN(CC)CC#CCOC(=O)C(O)(c1ccccc1)C1CCCCC1.O=C(O)[C@@H](O)[C@@H](O)[C@H](O)[C@@H](O)[C@@H](O)CO. The number of aliphatic carboxylic acids is 1. The van der Waals surface area contributed by atoms with Gasteiger partial charge in [0, 0.05) is 5.92 Å². The van der Waals surface area contributed by atoms with Crippen LogP contribution in [0.25, 0.3) is 0 Å². The van der Waals surface area contributed by atoms with Crippen LogP contribution in [-0.4, -0.2) is 121 Å². The molecule has 1 unspecified atom stereocenters. The van der Waals surface area contributed by atoms with E-state index in [2.05, 4.69) is 30.6 Å². The summed E-state index contributed by atoms with van der Waals surface area (Å²) in [5, 5.41) is 72.9. The third kappa shape index (κ3) is 11.0. The first-order valence-electron chi connectivity index (χ1n) is 13.8. The number of nitrogens with zero attached hydrogens (tertiary/aromatic N) is 1. The number of aliphatic hydroxyl groups excluding tert-OH is 6. The summed E-state index contributed by atoms with van der Waals surface area (Å²) in [5.74, 6) is 3.46. The third-order valence-corrected chi connectivity index (χ3v) is 7.18. The normalized spacial score (nSPS) is 18.8. The minimum absolute atomic E-state index is 0.0158. The molecule has 0 amide bonds. The van der Waals surface area contributed by atoms with Gasteiger partial charge in [-0.1, -0.05) is 75.3 Å². The largest absolute Gasteiger partial charge is 0.479 e. The maximum atomic E-state index is 12.8. The number of carboxylic acid groups (broad SMARTS) is 1. The zero-order valence-electron chi connectivity index (χ0n) is 23.7. The molecule has 1 aromatic carbocycles. The van der Waals surface area contributed by atoms with Crippen molar-refractivity contribution in [2.45, 2.75) is 82.1 Å². The van der Waals surface area contributed by atoms with Crippen molar-refractivity contribution in [2.75, 3.05) is 32.8 Å². The van der Waals surface area contributed by atoms with Crippen molar-refractivity contribution in [3.8, 4) is 11.8 Å². The molecule has 0 heterocycles. The maximum Gasteiger partial charge on any atom is 0.344 e. The Labute approximate surface area is 240 Å². The molecule has 8 N–H and O–H groups in total. The number of benzene rings is 1. The molecule has 1 aliphatic carbocycles. The fourth-order valence-electron chi connectivity index (χ4n) is 4.48. The molecule has 0 aliphatic heterocycles. The van der Waals surface area contributed by atoms with Crippen LogP contribution in [0.15, 0.2) is 30.3 Å². The lowest BCUT2D eigenvalue weighted by Crippen LogP contribution is -2.51. The number of carbonyl (C=O) groups excluding carboxylic acids is 1. The number of carbonyl (C=O) groups is 2. The molecular weight excluding hydrogens is 538 g/mol. The first-order valence-corrected chi connectivity index (χ1v) is 13.8. The molecule has 12 heteroatoms. The van der Waals surface area contributed by atoms with Crippen LogP contribution in [-0.2, 0) is 19.9 Å². The fourth-order valence-corrected chi connectivity index (χ4v) is 4.48. The monoisotopic (exact) mass is 583 g/mol. The van der Waals surface area contributed by atoms with Crippen LogP contribution in [0.1, 0.15) is 51.5 Å². The van der Waals surface area contributed by atoms with E-state index in [1.807, 2.05) is 30.3 Å². The highest BCUT2D eigenvalue weighted by molar-refractivity contribution is 5.81. The summed E-state index contributed by atoms with van der Waals surface area (Å²) in [7, 11) is 0. The summed E-state index contributed by atoms with van der Waals surface area (Å²) in [6.07, 6.45) is -5.32.